The molecule has 4 aromatic carbocycles. The van der Waals surface area contributed by atoms with Crippen molar-refractivity contribution >= 4 is 44.9 Å². The first-order valence-corrected chi connectivity index (χ1v) is 12.0. The van der Waals surface area contributed by atoms with Crippen molar-refractivity contribution < 1.29 is 9.21 Å². The Morgan fingerprint density at radius 3 is 2.35 bits per heavy atom. The Morgan fingerprint density at radius 1 is 0.784 bits per heavy atom. The van der Waals surface area contributed by atoms with Crippen molar-refractivity contribution in [2.45, 2.75) is 6.54 Å². The van der Waals surface area contributed by atoms with E-state index in [2.05, 4.69) is 27.8 Å². The van der Waals surface area contributed by atoms with Crippen LogP contribution in [0.1, 0.15) is 15.9 Å². The van der Waals surface area contributed by atoms with Crippen LogP contribution >= 0.6 is 0 Å². The largest absolute Gasteiger partial charge is 0.455 e. The van der Waals surface area contributed by atoms with E-state index in [0.717, 1.165) is 50.1 Å². The van der Waals surface area contributed by atoms with E-state index in [-0.39, 0.29) is 5.91 Å². The third kappa shape index (κ3) is 4.53. The summed E-state index contributed by atoms with van der Waals surface area (Å²) in [4.78, 5) is 17.1. The summed E-state index contributed by atoms with van der Waals surface area (Å²) < 4.78 is 6.18. The predicted molar refractivity (Wildman–Crippen MR) is 149 cm³/mol. The van der Waals surface area contributed by atoms with Gasteiger partial charge in [0, 0.05) is 51.7 Å². The number of carbonyl (C=O) groups excluding carboxylic acids is 1. The number of pyridine rings is 1. The average Bonchev–Trinajstić information content (AvgIpc) is 3.33. The number of hydrogen-bond donors (Lipinski definition) is 3. The van der Waals surface area contributed by atoms with Gasteiger partial charge in [0.1, 0.15) is 11.2 Å². The van der Waals surface area contributed by atoms with Crippen molar-refractivity contribution in [1.82, 2.24) is 4.98 Å². The molecule has 0 atom stereocenters. The lowest BCUT2D eigenvalue weighted by Gasteiger charge is -2.10. The summed E-state index contributed by atoms with van der Waals surface area (Å²) in [6.07, 6.45) is 1.78. The smallest absolute Gasteiger partial charge is 0.255 e. The van der Waals surface area contributed by atoms with Gasteiger partial charge in [0.05, 0.1) is 5.69 Å². The molecule has 6 aromatic rings. The third-order valence-electron chi connectivity index (χ3n) is 6.32. The van der Waals surface area contributed by atoms with Crippen molar-refractivity contribution in [2.24, 2.45) is 5.73 Å². The highest BCUT2D eigenvalue weighted by Gasteiger charge is 2.13. The number of nitrogens with zero attached hydrogens (tertiary/aromatic N) is 1. The molecule has 37 heavy (non-hydrogen) atoms. The number of rotatable bonds is 6. The molecule has 0 aliphatic heterocycles. The molecular weight excluding hydrogens is 460 g/mol. The maximum atomic E-state index is 12.5. The highest BCUT2D eigenvalue weighted by Crippen LogP contribution is 2.35. The quantitative estimate of drug-likeness (QED) is 0.234. The lowest BCUT2D eigenvalue weighted by molar-refractivity contribution is 0.102. The molecule has 0 aliphatic carbocycles. The van der Waals surface area contributed by atoms with E-state index in [0.29, 0.717) is 17.8 Å². The molecular formula is C31H24N4O2. The second kappa shape index (κ2) is 9.60. The molecule has 6 heteroatoms. The fraction of sp³-hybridized carbons (Fsp3) is 0.0323. The van der Waals surface area contributed by atoms with Crippen LogP contribution in [0.15, 0.2) is 114 Å². The molecule has 0 bridgehead atoms. The number of para-hydroxylation sites is 2. The summed E-state index contributed by atoms with van der Waals surface area (Å²) >= 11 is 0. The number of carbonyl (C=O) groups is 1. The van der Waals surface area contributed by atoms with E-state index in [1.165, 1.54) is 0 Å². The minimum Gasteiger partial charge on any atom is -0.455 e. The van der Waals surface area contributed by atoms with Gasteiger partial charge >= 0.3 is 0 Å². The van der Waals surface area contributed by atoms with Gasteiger partial charge < -0.3 is 20.8 Å². The standard InChI is InChI=1S/C31H24N4O2/c32-19-20-8-10-21(11-9-20)31(36)35-23-14-12-22(13-15-23)34-24-16-17-33-28(18-24)27-6-3-5-26-25-4-1-2-7-29(25)37-30(26)27/h1-18H,19,32H2,(H,33,34)(H,35,36). The molecule has 0 saturated heterocycles. The average molecular weight is 485 g/mol. The van der Waals surface area contributed by atoms with E-state index >= 15 is 0 Å². The maximum Gasteiger partial charge on any atom is 0.255 e. The molecule has 6 nitrogen and oxygen atoms in total. The first-order chi connectivity index (χ1) is 18.2. The van der Waals surface area contributed by atoms with E-state index in [9.17, 15) is 4.79 Å². The molecule has 6 rings (SSSR count). The summed E-state index contributed by atoms with van der Waals surface area (Å²) in [6, 6.07) is 32.9. The Labute approximate surface area is 213 Å². The number of fused-ring (bicyclic) bond motifs is 3. The van der Waals surface area contributed by atoms with Crippen LogP contribution in [0, 0.1) is 0 Å². The van der Waals surface area contributed by atoms with Gasteiger partial charge in [-0.15, -0.1) is 0 Å². The van der Waals surface area contributed by atoms with Crippen LogP contribution in [0.25, 0.3) is 33.2 Å². The zero-order valence-electron chi connectivity index (χ0n) is 19.9. The summed E-state index contributed by atoms with van der Waals surface area (Å²) in [6.45, 7) is 0.449. The topological polar surface area (TPSA) is 93.2 Å². The molecule has 2 aromatic heterocycles. The van der Waals surface area contributed by atoms with Crippen LogP contribution in [0.3, 0.4) is 0 Å². The number of benzene rings is 4. The minimum absolute atomic E-state index is 0.164. The predicted octanol–water partition coefficient (Wildman–Crippen LogP) is 7.10. The summed E-state index contributed by atoms with van der Waals surface area (Å²) in [7, 11) is 0. The monoisotopic (exact) mass is 484 g/mol. The second-order valence-electron chi connectivity index (χ2n) is 8.77. The molecule has 4 N–H and O–H groups in total. The van der Waals surface area contributed by atoms with Gasteiger partial charge in [0.2, 0.25) is 0 Å². The van der Waals surface area contributed by atoms with Crippen molar-refractivity contribution in [1.29, 1.82) is 0 Å². The summed E-state index contributed by atoms with van der Waals surface area (Å²) in [5.41, 5.74) is 13.2. The molecule has 0 spiro atoms. The third-order valence-corrected chi connectivity index (χ3v) is 6.32. The first-order valence-electron chi connectivity index (χ1n) is 12.0. The Kier molecular flexibility index (Phi) is 5.84. The van der Waals surface area contributed by atoms with Crippen molar-refractivity contribution in [3.05, 3.63) is 120 Å². The normalized spacial score (nSPS) is 11.1. The summed E-state index contributed by atoms with van der Waals surface area (Å²) in [5.74, 6) is -0.164. The number of amides is 1. The Balaban J connectivity index is 1.20. The number of hydrogen-bond acceptors (Lipinski definition) is 5. The van der Waals surface area contributed by atoms with Gasteiger partial charge in [-0.2, -0.15) is 0 Å². The van der Waals surface area contributed by atoms with E-state index < -0.39 is 0 Å². The second-order valence-corrected chi connectivity index (χ2v) is 8.77. The van der Waals surface area contributed by atoms with Gasteiger partial charge in [0.15, 0.2) is 0 Å². The maximum absolute atomic E-state index is 12.5. The Morgan fingerprint density at radius 2 is 1.54 bits per heavy atom. The van der Waals surface area contributed by atoms with Crippen LogP contribution in [0.4, 0.5) is 17.1 Å². The molecule has 1 amide bonds. The molecule has 2 heterocycles. The van der Waals surface area contributed by atoms with Crippen LogP contribution in [-0.4, -0.2) is 10.9 Å². The fourth-order valence-electron chi connectivity index (χ4n) is 4.40. The summed E-state index contributed by atoms with van der Waals surface area (Å²) in [5, 5.41) is 8.51. The molecule has 180 valence electrons. The lowest BCUT2D eigenvalue weighted by atomic mass is 10.1. The molecule has 0 fully saturated rings. The van der Waals surface area contributed by atoms with Crippen LogP contribution < -0.4 is 16.4 Å². The lowest BCUT2D eigenvalue weighted by Crippen LogP contribution is -2.12. The van der Waals surface area contributed by atoms with Crippen molar-refractivity contribution in [3.63, 3.8) is 0 Å². The SMILES string of the molecule is NCc1ccc(C(=O)Nc2ccc(Nc3ccnc(-c4cccc5c4oc4ccccc45)c3)cc2)cc1. The molecule has 0 aliphatic rings. The first kappa shape index (κ1) is 22.5. The van der Waals surface area contributed by atoms with Crippen molar-refractivity contribution in [3.8, 4) is 11.3 Å². The zero-order valence-corrected chi connectivity index (χ0v) is 19.9. The Hall–Kier alpha value is -4.94. The highest BCUT2D eigenvalue weighted by molar-refractivity contribution is 6.09. The number of furan rings is 1. The van der Waals surface area contributed by atoms with Crippen LogP contribution in [0.5, 0.6) is 0 Å². The van der Waals surface area contributed by atoms with Gasteiger partial charge in [-0.1, -0.05) is 42.5 Å². The van der Waals surface area contributed by atoms with Crippen LogP contribution in [0.2, 0.25) is 0 Å². The van der Waals surface area contributed by atoms with Gasteiger partial charge in [-0.25, -0.2) is 0 Å². The molecule has 0 unspecified atom stereocenters. The molecule has 0 radical (unpaired) electrons. The van der Waals surface area contributed by atoms with Gasteiger partial charge in [0.25, 0.3) is 5.91 Å². The van der Waals surface area contributed by atoms with Gasteiger partial charge in [-0.3, -0.25) is 9.78 Å². The van der Waals surface area contributed by atoms with E-state index in [1.54, 1.807) is 18.3 Å². The Bertz CT molecular complexity index is 1720. The van der Waals surface area contributed by atoms with Crippen LogP contribution in [-0.2, 0) is 6.54 Å². The number of anilines is 3. The zero-order chi connectivity index (χ0) is 25.2. The highest BCUT2D eigenvalue weighted by atomic mass is 16.3. The van der Waals surface area contributed by atoms with Crippen molar-refractivity contribution in [2.75, 3.05) is 10.6 Å². The van der Waals surface area contributed by atoms with E-state index in [1.807, 2.05) is 78.9 Å². The van der Waals surface area contributed by atoms with Gasteiger partial charge in [-0.05, 0) is 66.2 Å². The minimum atomic E-state index is -0.164. The number of aromatic nitrogens is 1. The molecule has 0 saturated carbocycles. The number of nitrogens with one attached hydrogen (secondary N) is 2. The fourth-order valence-corrected chi connectivity index (χ4v) is 4.40. The van der Waals surface area contributed by atoms with E-state index in [4.69, 9.17) is 10.2 Å². The number of nitrogens with two attached hydrogens (primary N) is 1.